The third-order valence-electron chi connectivity index (χ3n) is 3.10. The maximum atomic E-state index is 5.70. The Kier molecular flexibility index (Phi) is 1.37. The van der Waals surface area contributed by atoms with Gasteiger partial charge in [0.15, 0.2) is 0 Å². The molecule has 1 aliphatic carbocycles. The summed E-state index contributed by atoms with van der Waals surface area (Å²) in [7, 11) is 0. The molecule has 0 radical (unpaired) electrons. The Hall–Kier alpha value is -0.0800. The predicted molar refractivity (Wildman–Crippen MR) is 44.3 cm³/mol. The van der Waals surface area contributed by atoms with E-state index in [0.29, 0.717) is 11.5 Å². The van der Waals surface area contributed by atoms with Gasteiger partial charge >= 0.3 is 0 Å². The first-order chi connectivity index (χ1) is 5.04. The first-order valence-corrected chi connectivity index (χ1v) is 4.46. The summed E-state index contributed by atoms with van der Waals surface area (Å²) in [6, 6.07) is 0.631. The van der Waals surface area contributed by atoms with Crippen molar-refractivity contribution in [3.05, 3.63) is 0 Å². The molecule has 2 rings (SSSR count). The Morgan fingerprint density at radius 3 is 2.45 bits per heavy atom. The van der Waals surface area contributed by atoms with E-state index in [1.165, 1.54) is 12.8 Å². The molecule has 0 aromatic carbocycles. The molecule has 11 heavy (non-hydrogen) atoms. The van der Waals surface area contributed by atoms with Gasteiger partial charge in [0.1, 0.15) is 5.72 Å². The molecule has 0 aromatic rings. The van der Waals surface area contributed by atoms with E-state index in [0.717, 1.165) is 6.61 Å². The molecule has 0 aromatic heterocycles. The number of nitrogens with one attached hydrogen (secondary N) is 1. The highest BCUT2D eigenvalue weighted by atomic mass is 16.5. The number of rotatable bonds is 0. The second kappa shape index (κ2) is 1.99. The van der Waals surface area contributed by atoms with Crippen LogP contribution in [0.2, 0.25) is 0 Å². The van der Waals surface area contributed by atoms with Crippen LogP contribution in [0.4, 0.5) is 0 Å². The van der Waals surface area contributed by atoms with Crippen molar-refractivity contribution in [2.75, 3.05) is 6.61 Å². The van der Waals surface area contributed by atoms with E-state index in [1.54, 1.807) is 0 Å². The third-order valence-corrected chi connectivity index (χ3v) is 3.10. The lowest BCUT2D eigenvalue weighted by Crippen LogP contribution is -2.56. The zero-order valence-electron chi connectivity index (χ0n) is 7.61. The van der Waals surface area contributed by atoms with Crippen molar-refractivity contribution in [1.29, 1.82) is 0 Å². The second-order valence-corrected chi connectivity index (χ2v) is 4.53. The van der Waals surface area contributed by atoms with Gasteiger partial charge in [-0.05, 0) is 33.6 Å². The summed E-state index contributed by atoms with van der Waals surface area (Å²) in [5.74, 6) is 0. The summed E-state index contributed by atoms with van der Waals surface area (Å²) >= 11 is 0. The maximum Gasteiger partial charge on any atom is 0.113 e. The molecule has 1 saturated heterocycles. The van der Waals surface area contributed by atoms with Crippen LogP contribution in [0.1, 0.15) is 33.6 Å². The molecule has 1 N–H and O–H groups in total. The fourth-order valence-electron chi connectivity index (χ4n) is 1.90. The summed E-state index contributed by atoms with van der Waals surface area (Å²) in [4.78, 5) is 0. The molecule has 1 aliphatic heterocycles. The van der Waals surface area contributed by atoms with Crippen LogP contribution >= 0.6 is 0 Å². The lowest BCUT2D eigenvalue weighted by atomic mass is 9.95. The Morgan fingerprint density at radius 1 is 1.36 bits per heavy atom. The minimum absolute atomic E-state index is 0.104. The quantitative estimate of drug-likeness (QED) is 0.572. The van der Waals surface area contributed by atoms with Gasteiger partial charge in [0.25, 0.3) is 0 Å². The number of hydrogen-bond donors (Lipinski definition) is 1. The van der Waals surface area contributed by atoms with Gasteiger partial charge in [0.2, 0.25) is 0 Å². The minimum Gasteiger partial charge on any atom is -0.361 e. The first-order valence-electron chi connectivity index (χ1n) is 4.46. The number of hydrogen-bond acceptors (Lipinski definition) is 2. The van der Waals surface area contributed by atoms with Crippen LogP contribution in [0, 0.1) is 5.41 Å². The molecule has 1 saturated carbocycles. The van der Waals surface area contributed by atoms with E-state index in [2.05, 4.69) is 26.1 Å². The van der Waals surface area contributed by atoms with Crippen LogP contribution in [0.15, 0.2) is 0 Å². The molecule has 2 fully saturated rings. The van der Waals surface area contributed by atoms with Gasteiger partial charge in [-0.2, -0.15) is 0 Å². The predicted octanol–water partition coefficient (Wildman–Crippen LogP) is 1.51. The Balaban J connectivity index is 2.05. The average molecular weight is 155 g/mol. The van der Waals surface area contributed by atoms with E-state index in [-0.39, 0.29) is 5.72 Å². The topological polar surface area (TPSA) is 21.3 Å². The summed E-state index contributed by atoms with van der Waals surface area (Å²) in [5.41, 5.74) is 0.406. The second-order valence-electron chi connectivity index (χ2n) is 4.53. The summed E-state index contributed by atoms with van der Waals surface area (Å²) < 4.78 is 5.70. The lowest BCUT2D eigenvalue weighted by molar-refractivity contribution is -0.116. The zero-order chi connectivity index (χ0) is 8.11. The van der Waals surface area contributed by atoms with Crippen molar-refractivity contribution in [3.8, 4) is 0 Å². The van der Waals surface area contributed by atoms with Gasteiger partial charge in [-0.1, -0.05) is 0 Å². The average Bonchev–Trinajstić information content (AvgIpc) is 2.60. The smallest absolute Gasteiger partial charge is 0.113 e. The summed E-state index contributed by atoms with van der Waals surface area (Å²) in [6.45, 7) is 7.42. The lowest BCUT2D eigenvalue weighted by Gasteiger charge is -2.41. The van der Waals surface area contributed by atoms with E-state index < -0.39 is 0 Å². The van der Waals surface area contributed by atoms with Crippen molar-refractivity contribution in [1.82, 2.24) is 5.32 Å². The fraction of sp³-hybridized carbons (Fsp3) is 1.00. The molecule has 2 heteroatoms. The monoisotopic (exact) mass is 155 g/mol. The van der Waals surface area contributed by atoms with Crippen molar-refractivity contribution >= 4 is 0 Å². The molecule has 2 nitrogen and oxygen atoms in total. The van der Waals surface area contributed by atoms with E-state index in [4.69, 9.17) is 4.74 Å². The Labute approximate surface area is 68.3 Å². The molecular formula is C9H17NO. The van der Waals surface area contributed by atoms with Crippen molar-refractivity contribution in [2.45, 2.75) is 45.4 Å². The Morgan fingerprint density at radius 2 is 2.00 bits per heavy atom. The van der Waals surface area contributed by atoms with Crippen LogP contribution < -0.4 is 5.32 Å². The van der Waals surface area contributed by atoms with Gasteiger partial charge in [0.05, 0.1) is 6.61 Å². The van der Waals surface area contributed by atoms with Crippen LogP contribution in [0.25, 0.3) is 0 Å². The van der Waals surface area contributed by atoms with Gasteiger partial charge < -0.3 is 4.74 Å². The molecule has 2 aliphatic rings. The normalized spacial score (nSPS) is 39.0. The summed E-state index contributed by atoms with van der Waals surface area (Å²) in [5, 5.41) is 3.49. The Bertz CT molecular complexity index is 172. The molecule has 1 heterocycles. The van der Waals surface area contributed by atoms with Gasteiger partial charge in [0, 0.05) is 11.5 Å². The molecule has 0 amide bonds. The van der Waals surface area contributed by atoms with Gasteiger partial charge in [-0.25, -0.2) is 0 Å². The first kappa shape index (κ1) is 7.56. The largest absolute Gasteiger partial charge is 0.361 e. The molecule has 1 spiro atoms. The third kappa shape index (κ3) is 1.18. The van der Waals surface area contributed by atoms with Crippen molar-refractivity contribution < 1.29 is 4.74 Å². The number of ether oxygens (including phenoxy) is 1. The van der Waals surface area contributed by atoms with E-state index >= 15 is 0 Å². The molecule has 64 valence electrons. The zero-order valence-corrected chi connectivity index (χ0v) is 7.61. The SMILES string of the molecule is CC1NC(C)(C)OCC12CC2. The van der Waals surface area contributed by atoms with Gasteiger partial charge in [-0.15, -0.1) is 0 Å². The highest BCUT2D eigenvalue weighted by molar-refractivity contribution is 5.04. The molecule has 0 bridgehead atoms. The maximum absolute atomic E-state index is 5.70. The van der Waals surface area contributed by atoms with E-state index in [1.807, 2.05) is 0 Å². The molecule has 1 atom stereocenters. The van der Waals surface area contributed by atoms with Crippen LogP contribution in [0.5, 0.6) is 0 Å². The fourth-order valence-corrected chi connectivity index (χ4v) is 1.90. The van der Waals surface area contributed by atoms with Crippen molar-refractivity contribution in [2.24, 2.45) is 5.41 Å². The van der Waals surface area contributed by atoms with E-state index in [9.17, 15) is 0 Å². The summed E-state index contributed by atoms with van der Waals surface area (Å²) in [6.07, 6.45) is 2.69. The van der Waals surface area contributed by atoms with Crippen LogP contribution in [-0.4, -0.2) is 18.4 Å². The van der Waals surface area contributed by atoms with Crippen LogP contribution in [-0.2, 0) is 4.74 Å². The van der Waals surface area contributed by atoms with Crippen molar-refractivity contribution in [3.63, 3.8) is 0 Å². The minimum atomic E-state index is -0.104. The van der Waals surface area contributed by atoms with Gasteiger partial charge in [-0.3, -0.25) is 5.32 Å². The highest BCUT2D eigenvalue weighted by Crippen LogP contribution is 2.51. The molecule has 1 unspecified atom stereocenters. The van der Waals surface area contributed by atoms with Crippen LogP contribution in [0.3, 0.4) is 0 Å². The standard InChI is InChI=1S/C9H17NO/c1-7-9(4-5-9)6-11-8(2,3)10-7/h7,10H,4-6H2,1-3H3. The molecular weight excluding hydrogens is 138 g/mol. The highest BCUT2D eigenvalue weighted by Gasteiger charge is 2.52.